The van der Waals surface area contributed by atoms with E-state index >= 15 is 0 Å². The Balaban J connectivity index is 2.21. The van der Waals surface area contributed by atoms with Gasteiger partial charge in [0.2, 0.25) is 0 Å². The van der Waals surface area contributed by atoms with Crippen LogP contribution in [0.3, 0.4) is 0 Å². The average molecular weight is 332 g/mol. The molecule has 6 heteroatoms. The van der Waals surface area contributed by atoms with Gasteiger partial charge in [-0.25, -0.2) is 8.78 Å². The number of benzene rings is 2. The molecule has 0 fully saturated rings. The van der Waals surface area contributed by atoms with Crippen molar-refractivity contribution in [1.29, 1.82) is 0 Å². The Hall–Kier alpha value is -1.36. The summed E-state index contributed by atoms with van der Waals surface area (Å²) in [4.78, 5) is 0. The number of hydrogen-bond donors (Lipinski definition) is 1. The summed E-state index contributed by atoms with van der Waals surface area (Å²) in [6.07, 6.45) is 0.393. The maximum atomic E-state index is 13.9. The normalized spacial score (nSPS) is 10.7. The molecule has 0 heterocycles. The van der Waals surface area contributed by atoms with E-state index in [9.17, 15) is 8.78 Å². The fourth-order valence-corrected chi connectivity index (χ4v) is 2.38. The highest BCUT2D eigenvalue weighted by atomic mass is 35.5. The zero-order chi connectivity index (χ0) is 15.4. The molecule has 0 aliphatic heterocycles. The highest BCUT2D eigenvalue weighted by molar-refractivity contribution is 6.35. The van der Waals surface area contributed by atoms with Gasteiger partial charge in [0.25, 0.3) is 0 Å². The predicted octanol–water partition coefficient (Wildman–Crippen LogP) is 4.35. The largest absolute Gasteiger partial charge is 0.483 e. The van der Waals surface area contributed by atoms with E-state index in [-0.39, 0.29) is 6.61 Å². The van der Waals surface area contributed by atoms with E-state index in [4.69, 9.17) is 33.7 Å². The van der Waals surface area contributed by atoms with Crippen LogP contribution in [0, 0.1) is 11.6 Å². The number of halogens is 4. The third-order valence-corrected chi connectivity index (χ3v) is 3.62. The smallest absolute Gasteiger partial charge is 0.191 e. The van der Waals surface area contributed by atoms with Gasteiger partial charge in [-0.2, -0.15) is 0 Å². The Kier molecular flexibility index (Phi) is 5.39. The van der Waals surface area contributed by atoms with Crippen molar-refractivity contribution in [3.8, 4) is 5.75 Å². The minimum absolute atomic E-state index is 0.122. The van der Waals surface area contributed by atoms with Crippen LogP contribution in [0.1, 0.15) is 11.1 Å². The predicted molar refractivity (Wildman–Crippen MR) is 79.9 cm³/mol. The van der Waals surface area contributed by atoms with Gasteiger partial charge in [-0.15, -0.1) is 0 Å². The van der Waals surface area contributed by atoms with Crippen LogP contribution in [0.5, 0.6) is 5.75 Å². The molecule has 0 unspecified atom stereocenters. The SMILES string of the molecule is NCCc1cc(F)c(OCc2c(Cl)cccc2Cl)c(F)c1. The molecule has 21 heavy (non-hydrogen) atoms. The molecule has 2 aromatic carbocycles. The fraction of sp³-hybridized carbons (Fsp3) is 0.200. The summed E-state index contributed by atoms with van der Waals surface area (Å²) >= 11 is 12.0. The lowest BCUT2D eigenvalue weighted by Crippen LogP contribution is -2.06. The van der Waals surface area contributed by atoms with E-state index in [1.807, 2.05) is 0 Å². The minimum atomic E-state index is -0.776. The van der Waals surface area contributed by atoms with Gasteiger partial charge in [0, 0.05) is 15.6 Å². The summed E-state index contributed by atoms with van der Waals surface area (Å²) in [5, 5.41) is 0.756. The van der Waals surface area contributed by atoms with E-state index in [0.29, 0.717) is 34.1 Å². The molecule has 2 aromatic rings. The molecule has 0 saturated carbocycles. The highest BCUT2D eigenvalue weighted by Gasteiger charge is 2.14. The molecule has 2 nitrogen and oxygen atoms in total. The van der Waals surface area contributed by atoms with E-state index in [1.54, 1.807) is 18.2 Å². The lowest BCUT2D eigenvalue weighted by molar-refractivity contribution is 0.274. The second-order valence-corrected chi connectivity index (χ2v) is 5.23. The van der Waals surface area contributed by atoms with Crippen molar-refractivity contribution in [2.24, 2.45) is 5.73 Å². The summed E-state index contributed by atoms with van der Waals surface area (Å²) in [6, 6.07) is 7.35. The quantitative estimate of drug-likeness (QED) is 0.883. The van der Waals surface area contributed by atoms with Gasteiger partial charge in [-0.1, -0.05) is 29.3 Å². The van der Waals surface area contributed by atoms with Crippen LogP contribution in [0.15, 0.2) is 30.3 Å². The van der Waals surface area contributed by atoms with Crippen molar-refractivity contribution in [2.75, 3.05) is 6.54 Å². The summed E-state index contributed by atoms with van der Waals surface area (Å²) in [5.74, 6) is -2.00. The Morgan fingerprint density at radius 3 is 2.14 bits per heavy atom. The maximum Gasteiger partial charge on any atom is 0.191 e. The van der Waals surface area contributed by atoms with E-state index in [1.165, 1.54) is 12.1 Å². The van der Waals surface area contributed by atoms with E-state index in [0.717, 1.165) is 0 Å². The zero-order valence-corrected chi connectivity index (χ0v) is 12.5. The topological polar surface area (TPSA) is 35.2 Å². The number of rotatable bonds is 5. The minimum Gasteiger partial charge on any atom is -0.483 e. The van der Waals surface area contributed by atoms with Crippen LogP contribution >= 0.6 is 23.2 Å². The van der Waals surface area contributed by atoms with Gasteiger partial charge in [-0.05, 0) is 42.8 Å². The first kappa shape index (κ1) is 16.0. The van der Waals surface area contributed by atoms with Crippen LogP contribution in [0.25, 0.3) is 0 Å². The van der Waals surface area contributed by atoms with Gasteiger partial charge >= 0.3 is 0 Å². The van der Waals surface area contributed by atoms with Gasteiger partial charge in [0.1, 0.15) is 6.61 Å². The molecule has 0 spiro atoms. The first-order chi connectivity index (χ1) is 10.0. The lowest BCUT2D eigenvalue weighted by atomic mass is 10.1. The monoisotopic (exact) mass is 331 g/mol. The van der Waals surface area contributed by atoms with Gasteiger partial charge in [0.15, 0.2) is 17.4 Å². The molecule has 0 radical (unpaired) electrons. The second-order valence-electron chi connectivity index (χ2n) is 4.42. The van der Waals surface area contributed by atoms with Gasteiger partial charge in [0.05, 0.1) is 0 Å². The first-order valence-corrected chi connectivity index (χ1v) is 7.02. The van der Waals surface area contributed by atoms with Crippen LogP contribution in [-0.4, -0.2) is 6.54 Å². The maximum absolute atomic E-state index is 13.9. The summed E-state index contributed by atoms with van der Waals surface area (Å²) in [7, 11) is 0. The van der Waals surface area contributed by atoms with Crippen molar-refractivity contribution < 1.29 is 13.5 Å². The van der Waals surface area contributed by atoms with Crippen molar-refractivity contribution in [2.45, 2.75) is 13.0 Å². The molecule has 2 rings (SSSR count). The molecule has 0 saturated heterocycles. The highest BCUT2D eigenvalue weighted by Crippen LogP contribution is 2.28. The second kappa shape index (κ2) is 7.07. The van der Waals surface area contributed by atoms with Crippen LogP contribution < -0.4 is 10.5 Å². The fourth-order valence-electron chi connectivity index (χ4n) is 1.88. The third kappa shape index (κ3) is 3.84. The summed E-state index contributed by atoms with van der Waals surface area (Å²) in [6.45, 7) is 0.191. The number of nitrogens with two attached hydrogens (primary N) is 1. The lowest BCUT2D eigenvalue weighted by Gasteiger charge is -2.12. The van der Waals surface area contributed by atoms with Crippen molar-refractivity contribution in [1.82, 2.24) is 0 Å². The molecular formula is C15H13Cl2F2NO. The Morgan fingerprint density at radius 1 is 1.05 bits per heavy atom. The Labute approximate surface area is 131 Å². The zero-order valence-electron chi connectivity index (χ0n) is 11.0. The van der Waals surface area contributed by atoms with Crippen LogP contribution in [0.2, 0.25) is 10.0 Å². The number of ether oxygens (including phenoxy) is 1. The molecule has 0 amide bonds. The molecular weight excluding hydrogens is 319 g/mol. The molecule has 0 atom stereocenters. The molecule has 0 aliphatic carbocycles. The van der Waals surface area contributed by atoms with Crippen LogP contribution in [-0.2, 0) is 13.0 Å². The molecule has 0 bridgehead atoms. The van der Waals surface area contributed by atoms with E-state index < -0.39 is 17.4 Å². The standard InChI is InChI=1S/C15H13Cl2F2NO/c16-11-2-1-3-12(17)10(11)8-21-15-13(18)6-9(4-5-20)7-14(15)19/h1-3,6-7H,4-5,8,20H2. The summed E-state index contributed by atoms with van der Waals surface area (Å²) in [5.41, 5.74) is 6.32. The Bertz CT molecular complexity index is 606. The molecule has 0 aliphatic rings. The Morgan fingerprint density at radius 2 is 1.62 bits per heavy atom. The number of hydrogen-bond acceptors (Lipinski definition) is 2. The average Bonchev–Trinajstić information content (AvgIpc) is 2.41. The third-order valence-electron chi connectivity index (χ3n) is 2.91. The van der Waals surface area contributed by atoms with Crippen molar-refractivity contribution in [3.63, 3.8) is 0 Å². The van der Waals surface area contributed by atoms with Crippen LogP contribution in [0.4, 0.5) is 8.78 Å². The van der Waals surface area contributed by atoms with E-state index in [2.05, 4.69) is 0 Å². The van der Waals surface area contributed by atoms with Gasteiger partial charge < -0.3 is 10.5 Å². The molecule has 112 valence electrons. The summed E-state index contributed by atoms with van der Waals surface area (Å²) < 4.78 is 32.9. The van der Waals surface area contributed by atoms with Crippen molar-refractivity contribution in [3.05, 3.63) is 63.1 Å². The molecule has 0 aromatic heterocycles. The first-order valence-electron chi connectivity index (χ1n) is 6.26. The molecule has 2 N–H and O–H groups in total. The van der Waals surface area contributed by atoms with Gasteiger partial charge in [-0.3, -0.25) is 0 Å². The van der Waals surface area contributed by atoms with Crippen molar-refractivity contribution >= 4 is 23.2 Å².